The highest BCUT2D eigenvalue weighted by atomic mass is 16.2. The summed E-state index contributed by atoms with van der Waals surface area (Å²) in [4.78, 5) is 14.6. The molecular weight excluding hydrogens is 298 g/mol. The Morgan fingerprint density at radius 2 is 1.67 bits per heavy atom. The van der Waals surface area contributed by atoms with Crippen molar-refractivity contribution in [3.63, 3.8) is 0 Å². The SMILES string of the molecule is CCc1ccccc1NC(=O)Nc1ccc(N2CCCCC2)cc1. The number of anilines is 3. The summed E-state index contributed by atoms with van der Waals surface area (Å²) in [7, 11) is 0. The summed E-state index contributed by atoms with van der Waals surface area (Å²) >= 11 is 0. The third-order valence-electron chi connectivity index (χ3n) is 4.49. The van der Waals surface area contributed by atoms with E-state index in [2.05, 4.69) is 34.6 Å². The maximum atomic E-state index is 12.2. The standard InChI is InChI=1S/C20H25N3O/c1-2-16-8-4-5-9-19(16)22-20(24)21-17-10-12-18(13-11-17)23-14-6-3-7-15-23/h4-5,8-13H,2-3,6-7,14-15H2,1H3,(H2,21,22,24). The minimum atomic E-state index is -0.207. The van der Waals surface area contributed by atoms with Gasteiger partial charge < -0.3 is 15.5 Å². The summed E-state index contributed by atoms with van der Waals surface area (Å²) in [6, 6.07) is 15.8. The predicted octanol–water partition coefficient (Wildman–Crippen LogP) is 4.88. The van der Waals surface area contributed by atoms with Gasteiger partial charge in [0.05, 0.1) is 0 Å². The van der Waals surface area contributed by atoms with Crippen molar-refractivity contribution in [2.45, 2.75) is 32.6 Å². The monoisotopic (exact) mass is 323 g/mol. The van der Waals surface area contributed by atoms with Crippen molar-refractivity contribution < 1.29 is 4.79 Å². The fourth-order valence-corrected chi connectivity index (χ4v) is 3.14. The van der Waals surface area contributed by atoms with Crippen LogP contribution in [0.25, 0.3) is 0 Å². The number of hydrogen-bond acceptors (Lipinski definition) is 2. The number of nitrogens with zero attached hydrogens (tertiary/aromatic N) is 1. The van der Waals surface area contributed by atoms with E-state index in [4.69, 9.17) is 0 Å². The predicted molar refractivity (Wildman–Crippen MR) is 101 cm³/mol. The summed E-state index contributed by atoms with van der Waals surface area (Å²) in [5.74, 6) is 0. The zero-order chi connectivity index (χ0) is 16.8. The molecule has 2 amide bonds. The van der Waals surface area contributed by atoms with Gasteiger partial charge in [0.25, 0.3) is 0 Å². The smallest absolute Gasteiger partial charge is 0.323 e. The van der Waals surface area contributed by atoms with Crippen LogP contribution in [0.1, 0.15) is 31.7 Å². The molecule has 2 aromatic rings. The number of carbonyl (C=O) groups excluding carboxylic acids is 1. The quantitative estimate of drug-likeness (QED) is 0.842. The van der Waals surface area contributed by atoms with Crippen molar-refractivity contribution in [1.29, 1.82) is 0 Å². The lowest BCUT2D eigenvalue weighted by Gasteiger charge is -2.28. The summed E-state index contributed by atoms with van der Waals surface area (Å²) in [5, 5.41) is 5.83. The topological polar surface area (TPSA) is 44.4 Å². The first kappa shape index (κ1) is 16.4. The molecule has 0 spiro atoms. The Balaban J connectivity index is 1.60. The molecule has 4 nitrogen and oxygen atoms in total. The molecule has 1 fully saturated rings. The maximum Gasteiger partial charge on any atom is 0.323 e. The Morgan fingerprint density at radius 3 is 2.38 bits per heavy atom. The molecule has 2 N–H and O–H groups in total. The molecule has 0 atom stereocenters. The molecule has 1 aliphatic heterocycles. The number of para-hydroxylation sites is 1. The van der Waals surface area contributed by atoms with Crippen LogP contribution in [-0.2, 0) is 6.42 Å². The number of urea groups is 1. The van der Waals surface area contributed by atoms with Gasteiger partial charge >= 0.3 is 6.03 Å². The van der Waals surface area contributed by atoms with E-state index in [9.17, 15) is 4.79 Å². The van der Waals surface area contributed by atoms with Gasteiger partial charge in [-0.1, -0.05) is 25.1 Å². The number of piperidine rings is 1. The molecule has 1 heterocycles. The normalized spacial score (nSPS) is 14.3. The van der Waals surface area contributed by atoms with Crippen molar-refractivity contribution in [2.75, 3.05) is 28.6 Å². The van der Waals surface area contributed by atoms with E-state index in [-0.39, 0.29) is 6.03 Å². The minimum Gasteiger partial charge on any atom is -0.372 e. The summed E-state index contributed by atoms with van der Waals surface area (Å²) < 4.78 is 0. The van der Waals surface area contributed by atoms with Gasteiger partial charge in [0, 0.05) is 30.2 Å². The average molecular weight is 323 g/mol. The Bertz CT molecular complexity index is 676. The van der Waals surface area contributed by atoms with Gasteiger partial charge in [-0.25, -0.2) is 4.79 Å². The van der Waals surface area contributed by atoms with Crippen LogP contribution in [-0.4, -0.2) is 19.1 Å². The van der Waals surface area contributed by atoms with Gasteiger partial charge in [-0.05, 0) is 61.6 Å². The second kappa shape index (κ2) is 7.86. The number of carbonyl (C=O) groups is 1. The molecule has 0 aromatic heterocycles. The van der Waals surface area contributed by atoms with Crippen LogP contribution in [0.5, 0.6) is 0 Å². The molecule has 0 aliphatic carbocycles. The van der Waals surface area contributed by atoms with Crippen LogP contribution in [0.4, 0.5) is 21.9 Å². The molecule has 24 heavy (non-hydrogen) atoms. The number of amides is 2. The number of aryl methyl sites for hydroxylation is 1. The first-order valence-electron chi connectivity index (χ1n) is 8.77. The largest absolute Gasteiger partial charge is 0.372 e. The van der Waals surface area contributed by atoms with Gasteiger partial charge in [0.15, 0.2) is 0 Å². The third kappa shape index (κ3) is 4.07. The second-order valence-electron chi connectivity index (χ2n) is 6.18. The lowest BCUT2D eigenvalue weighted by atomic mass is 10.1. The molecule has 2 aromatic carbocycles. The van der Waals surface area contributed by atoms with E-state index in [1.165, 1.54) is 24.9 Å². The molecule has 0 radical (unpaired) electrons. The lowest BCUT2D eigenvalue weighted by molar-refractivity contribution is 0.262. The Kier molecular flexibility index (Phi) is 5.36. The Morgan fingerprint density at radius 1 is 0.958 bits per heavy atom. The van der Waals surface area contributed by atoms with Crippen molar-refractivity contribution in [3.05, 3.63) is 54.1 Å². The first-order chi connectivity index (χ1) is 11.8. The second-order valence-corrected chi connectivity index (χ2v) is 6.18. The highest BCUT2D eigenvalue weighted by Crippen LogP contribution is 2.22. The first-order valence-corrected chi connectivity index (χ1v) is 8.77. The summed E-state index contributed by atoms with van der Waals surface area (Å²) in [6.07, 6.45) is 4.75. The van der Waals surface area contributed by atoms with E-state index in [1.807, 2.05) is 36.4 Å². The summed E-state index contributed by atoms with van der Waals surface area (Å²) in [6.45, 7) is 4.33. The molecule has 4 heteroatoms. The molecule has 0 unspecified atom stereocenters. The Labute approximate surface area is 143 Å². The van der Waals surface area contributed by atoms with E-state index < -0.39 is 0 Å². The number of rotatable bonds is 4. The van der Waals surface area contributed by atoms with Crippen molar-refractivity contribution in [3.8, 4) is 0 Å². The zero-order valence-electron chi connectivity index (χ0n) is 14.2. The van der Waals surface area contributed by atoms with Crippen LogP contribution < -0.4 is 15.5 Å². The van der Waals surface area contributed by atoms with Crippen LogP contribution in [0, 0.1) is 0 Å². The minimum absolute atomic E-state index is 0.207. The molecule has 1 aliphatic rings. The van der Waals surface area contributed by atoms with Gasteiger partial charge in [-0.2, -0.15) is 0 Å². The molecule has 0 bridgehead atoms. The van der Waals surface area contributed by atoms with Crippen molar-refractivity contribution in [2.24, 2.45) is 0 Å². The van der Waals surface area contributed by atoms with Gasteiger partial charge in [-0.3, -0.25) is 0 Å². The molecule has 0 saturated carbocycles. The van der Waals surface area contributed by atoms with Gasteiger partial charge in [-0.15, -0.1) is 0 Å². The Hall–Kier alpha value is -2.49. The van der Waals surface area contributed by atoms with Crippen molar-refractivity contribution in [1.82, 2.24) is 0 Å². The van der Waals surface area contributed by atoms with Crippen LogP contribution in [0.3, 0.4) is 0 Å². The summed E-state index contributed by atoms with van der Waals surface area (Å²) in [5.41, 5.74) is 4.04. The average Bonchev–Trinajstić information content (AvgIpc) is 2.63. The highest BCUT2D eigenvalue weighted by molar-refractivity contribution is 6.00. The highest BCUT2D eigenvalue weighted by Gasteiger charge is 2.11. The van der Waals surface area contributed by atoms with Crippen LogP contribution >= 0.6 is 0 Å². The zero-order valence-corrected chi connectivity index (χ0v) is 14.2. The van der Waals surface area contributed by atoms with Gasteiger partial charge in [0.2, 0.25) is 0 Å². The molecule has 3 rings (SSSR count). The van der Waals surface area contributed by atoms with Crippen molar-refractivity contribution >= 4 is 23.1 Å². The maximum absolute atomic E-state index is 12.2. The van der Waals surface area contributed by atoms with Gasteiger partial charge in [0.1, 0.15) is 0 Å². The number of benzene rings is 2. The van der Waals surface area contributed by atoms with E-state index in [1.54, 1.807) is 0 Å². The van der Waals surface area contributed by atoms with Crippen LogP contribution in [0.2, 0.25) is 0 Å². The molecule has 1 saturated heterocycles. The fourth-order valence-electron chi connectivity index (χ4n) is 3.14. The molecule has 126 valence electrons. The number of hydrogen-bond donors (Lipinski definition) is 2. The van der Waals surface area contributed by atoms with E-state index >= 15 is 0 Å². The fraction of sp³-hybridized carbons (Fsp3) is 0.350. The molecular formula is C20H25N3O. The number of nitrogens with one attached hydrogen (secondary N) is 2. The van der Waals surface area contributed by atoms with E-state index in [0.717, 1.165) is 36.4 Å². The lowest BCUT2D eigenvalue weighted by Crippen LogP contribution is -2.29. The van der Waals surface area contributed by atoms with E-state index in [0.29, 0.717) is 0 Å². The third-order valence-corrected chi connectivity index (χ3v) is 4.49. The van der Waals surface area contributed by atoms with Crippen LogP contribution in [0.15, 0.2) is 48.5 Å².